The number of benzene rings is 1. The summed E-state index contributed by atoms with van der Waals surface area (Å²) in [4.78, 5) is 29.8. The van der Waals surface area contributed by atoms with Crippen LogP contribution in [0.4, 0.5) is 14.9 Å². The van der Waals surface area contributed by atoms with Crippen molar-refractivity contribution in [2.75, 3.05) is 11.9 Å². The molecule has 3 N–H and O–H groups in total. The van der Waals surface area contributed by atoms with Crippen molar-refractivity contribution >= 4 is 17.6 Å². The number of hydrogen-bond donors (Lipinski definition) is 2. The molecule has 0 aliphatic carbocycles. The van der Waals surface area contributed by atoms with Crippen LogP contribution in [0.2, 0.25) is 0 Å². The van der Waals surface area contributed by atoms with Gasteiger partial charge in [0.05, 0.1) is 5.56 Å². The lowest BCUT2D eigenvalue weighted by Gasteiger charge is -2.22. The van der Waals surface area contributed by atoms with Gasteiger partial charge in [-0.05, 0) is 31.0 Å². The number of amides is 3. The highest BCUT2D eigenvalue weighted by atomic mass is 19.1. The molecule has 1 aromatic heterocycles. The van der Waals surface area contributed by atoms with E-state index in [9.17, 15) is 14.0 Å². The molecular weight excluding hydrogens is 341 g/mol. The maximum absolute atomic E-state index is 13.6. The van der Waals surface area contributed by atoms with E-state index in [-0.39, 0.29) is 29.2 Å². The van der Waals surface area contributed by atoms with Crippen LogP contribution in [0, 0.1) is 5.82 Å². The summed E-state index contributed by atoms with van der Waals surface area (Å²) in [6.45, 7) is 4.44. The minimum absolute atomic E-state index is 0.127. The van der Waals surface area contributed by atoms with E-state index in [0.29, 0.717) is 24.7 Å². The summed E-state index contributed by atoms with van der Waals surface area (Å²) in [6, 6.07) is 2.97. The van der Waals surface area contributed by atoms with Gasteiger partial charge in [0, 0.05) is 18.2 Å². The standard InChI is InChI=1S/C17H20FN5O3/c1-9(2)15-21-16(26-22-15)13-4-3-7-23(13)17(25)20-10-5-6-12(18)11(8-10)14(19)24/h5-6,8-9,13H,3-4,7H2,1-2H3,(H2,19,24)(H,20,25)/t13-/m0/s1. The molecule has 1 aliphatic heterocycles. The van der Waals surface area contributed by atoms with Crippen molar-refractivity contribution in [3.05, 3.63) is 41.3 Å². The Hall–Kier alpha value is -2.97. The summed E-state index contributed by atoms with van der Waals surface area (Å²) in [5.74, 6) is -0.510. The number of halogens is 1. The van der Waals surface area contributed by atoms with Crippen molar-refractivity contribution in [2.24, 2.45) is 5.73 Å². The number of nitrogens with one attached hydrogen (secondary N) is 1. The van der Waals surface area contributed by atoms with E-state index in [1.165, 1.54) is 12.1 Å². The van der Waals surface area contributed by atoms with Gasteiger partial charge in [-0.15, -0.1) is 0 Å². The zero-order valence-electron chi connectivity index (χ0n) is 14.5. The number of anilines is 1. The quantitative estimate of drug-likeness (QED) is 0.869. The normalized spacial score (nSPS) is 16.9. The maximum Gasteiger partial charge on any atom is 0.322 e. The van der Waals surface area contributed by atoms with Gasteiger partial charge in [-0.25, -0.2) is 9.18 Å². The zero-order chi connectivity index (χ0) is 18.8. The first-order valence-corrected chi connectivity index (χ1v) is 8.37. The first-order chi connectivity index (χ1) is 12.4. The van der Waals surface area contributed by atoms with E-state index in [1.54, 1.807) is 4.90 Å². The van der Waals surface area contributed by atoms with Crippen LogP contribution < -0.4 is 11.1 Å². The highest BCUT2D eigenvalue weighted by Crippen LogP contribution is 2.32. The average Bonchev–Trinajstić information content (AvgIpc) is 3.25. The predicted octanol–water partition coefficient (Wildman–Crippen LogP) is 2.80. The Kier molecular flexibility index (Phi) is 4.88. The number of urea groups is 1. The Morgan fingerprint density at radius 1 is 1.42 bits per heavy atom. The molecular formula is C17H20FN5O3. The summed E-state index contributed by atoms with van der Waals surface area (Å²) < 4.78 is 18.9. The highest BCUT2D eigenvalue weighted by Gasteiger charge is 2.34. The Morgan fingerprint density at radius 2 is 2.19 bits per heavy atom. The van der Waals surface area contributed by atoms with Crippen molar-refractivity contribution in [2.45, 2.75) is 38.6 Å². The number of nitrogens with two attached hydrogens (primary N) is 1. The molecule has 1 saturated heterocycles. The number of primary amides is 1. The third-order valence-corrected chi connectivity index (χ3v) is 4.26. The van der Waals surface area contributed by atoms with Gasteiger partial charge >= 0.3 is 6.03 Å². The van der Waals surface area contributed by atoms with Crippen molar-refractivity contribution in [3.8, 4) is 0 Å². The predicted molar refractivity (Wildman–Crippen MR) is 91.0 cm³/mol. The minimum atomic E-state index is -0.898. The monoisotopic (exact) mass is 361 g/mol. The van der Waals surface area contributed by atoms with Gasteiger partial charge in [-0.1, -0.05) is 19.0 Å². The number of likely N-dealkylation sites (tertiary alicyclic amines) is 1. The second-order valence-corrected chi connectivity index (χ2v) is 6.49. The number of hydrogen-bond acceptors (Lipinski definition) is 5. The Morgan fingerprint density at radius 3 is 2.85 bits per heavy atom. The molecule has 3 rings (SSSR count). The lowest BCUT2D eigenvalue weighted by molar-refractivity contribution is 0.0996. The van der Waals surface area contributed by atoms with Crippen LogP contribution in [0.3, 0.4) is 0 Å². The molecule has 0 unspecified atom stereocenters. The fourth-order valence-corrected chi connectivity index (χ4v) is 2.87. The number of rotatable bonds is 4. The summed E-state index contributed by atoms with van der Waals surface area (Å²) >= 11 is 0. The number of nitrogens with zero attached hydrogens (tertiary/aromatic N) is 3. The second kappa shape index (κ2) is 7.11. The van der Waals surface area contributed by atoms with Crippen LogP contribution in [-0.4, -0.2) is 33.5 Å². The van der Waals surface area contributed by atoms with Gasteiger partial charge in [0.1, 0.15) is 11.9 Å². The Bertz CT molecular complexity index is 836. The molecule has 26 heavy (non-hydrogen) atoms. The summed E-state index contributed by atoms with van der Waals surface area (Å²) in [5.41, 5.74) is 5.13. The molecule has 0 radical (unpaired) electrons. The van der Waals surface area contributed by atoms with Crippen molar-refractivity contribution in [1.29, 1.82) is 0 Å². The molecule has 1 fully saturated rings. The molecule has 2 aromatic rings. The first-order valence-electron chi connectivity index (χ1n) is 8.37. The fraction of sp³-hybridized carbons (Fsp3) is 0.412. The lowest BCUT2D eigenvalue weighted by Crippen LogP contribution is -2.34. The van der Waals surface area contributed by atoms with E-state index in [2.05, 4.69) is 15.5 Å². The van der Waals surface area contributed by atoms with Gasteiger partial charge in [0.2, 0.25) is 5.89 Å². The molecule has 1 atom stereocenters. The molecule has 0 saturated carbocycles. The molecule has 2 heterocycles. The summed E-state index contributed by atoms with van der Waals surface area (Å²) in [7, 11) is 0. The van der Waals surface area contributed by atoms with E-state index in [4.69, 9.17) is 10.3 Å². The van der Waals surface area contributed by atoms with E-state index in [1.807, 2.05) is 13.8 Å². The molecule has 3 amide bonds. The number of aromatic nitrogens is 2. The number of carbonyl (C=O) groups excluding carboxylic acids is 2. The topological polar surface area (TPSA) is 114 Å². The van der Waals surface area contributed by atoms with Gasteiger partial charge in [-0.3, -0.25) is 4.79 Å². The molecule has 0 bridgehead atoms. The first kappa shape index (κ1) is 17.8. The van der Waals surface area contributed by atoms with Crippen LogP contribution in [0.5, 0.6) is 0 Å². The van der Waals surface area contributed by atoms with Gasteiger partial charge in [0.25, 0.3) is 5.91 Å². The van der Waals surface area contributed by atoms with Gasteiger partial charge < -0.3 is 20.5 Å². The Labute approximate surface area is 149 Å². The Balaban J connectivity index is 1.76. The molecule has 1 aromatic carbocycles. The van der Waals surface area contributed by atoms with Crippen LogP contribution in [0.15, 0.2) is 22.7 Å². The van der Waals surface area contributed by atoms with Crippen LogP contribution >= 0.6 is 0 Å². The summed E-state index contributed by atoms with van der Waals surface area (Å²) in [6.07, 6.45) is 1.51. The number of carbonyl (C=O) groups is 2. The highest BCUT2D eigenvalue weighted by molar-refractivity contribution is 5.96. The molecule has 9 heteroatoms. The van der Waals surface area contributed by atoms with Crippen LogP contribution in [0.1, 0.15) is 60.7 Å². The molecule has 138 valence electrons. The minimum Gasteiger partial charge on any atom is -0.366 e. The average molecular weight is 361 g/mol. The van der Waals surface area contributed by atoms with Crippen molar-refractivity contribution < 1.29 is 18.5 Å². The third kappa shape index (κ3) is 3.51. The second-order valence-electron chi connectivity index (χ2n) is 6.49. The third-order valence-electron chi connectivity index (χ3n) is 4.26. The smallest absolute Gasteiger partial charge is 0.322 e. The largest absolute Gasteiger partial charge is 0.366 e. The van der Waals surface area contributed by atoms with Crippen LogP contribution in [-0.2, 0) is 0 Å². The van der Waals surface area contributed by atoms with Crippen molar-refractivity contribution in [1.82, 2.24) is 15.0 Å². The lowest BCUT2D eigenvalue weighted by atomic mass is 10.2. The van der Waals surface area contributed by atoms with Gasteiger partial charge in [-0.2, -0.15) is 4.98 Å². The van der Waals surface area contributed by atoms with Crippen molar-refractivity contribution in [3.63, 3.8) is 0 Å². The molecule has 0 spiro atoms. The van der Waals surface area contributed by atoms with E-state index >= 15 is 0 Å². The molecule has 8 nitrogen and oxygen atoms in total. The summed E-state index contributed by atoms with van der Waals surface area (Å²) in [5, 5.41) is 6.60. The maximum atomic E-state index is 13.6. The molecule has 1 aliphatic rings. The van der Waals surface area contributed by atoms with E-state index < -0.39 is 11.7 Å². The fourth-order valence-electron chi connectivity index (χ4n) is 2.87. The van der Waals surface area contributed by atoms with E-state index in [0.717, 1.165) is 12.5 Å². The SMILES string of the molecule is CC(C)c1noc([C@@H]2CCCN2C(=O)Nc2ccc(F)c(C(N)=O)c2)n1. The van der Waals surface area contributed by atoms with Crippen LogP contribution in [0.25, 0.3) is 0 Å². The zero-order valence-corrected chi connectivity index (χ0v) is 14.5. The van der Waals surface area contributed by atoms with Gasteiger partial charge in [0.15, 0.2) is 5.82 Å².